The first kappa shape index (κ1) is 9.44. The molecule has 1 aliphatic heterocycles. The zero-order chi connectivity index (χ0) is 9.26. The van der Waals surface area contributed by atoms with E-state index in [0.717, 1.165) is 32.0 Å². The first-order chi connectivity index (χ1) is 6.27. The molecule has 0 aromatic rings. The van der Waals surface area contributed by atoms with Gasteiger partial charge in [-0.1, -0.05) is 0 Å². The highest BCUT2D eigenvalue weighted by Gasteiger charge is 2.33. The Balaban J connectivity index is 1.78. The van der Waals surface area contributed by atoms with Gasteiger partial charge in [-0.2, -0.15) is 0 Å². The number of hydrogen-bond donors (Lipinski definition) is 2. The van der Waals surface area contributed by atoms with Crippen LogP contribution in [-0.4, -0.2) is 48.3 Å². The first-order valence-electron chi connectivity index (χ1n) is 5.38. The fourth-order valence-electron chi connectivity index (χ4n) is 2.40. The van der Waals surface area contributed by atoms with Gasteiger partial charge in [-0.3, -0.25) is 0 Å². The standard InChI is InChI=1S/C10H20N2O/c1-12(9-6-10(13)7-9)8-2-4-11-5-3-8/h8-11,13H,2-7H2,1H3. The Morgan fingerprint density at radius 1 is 1.15 bits per heavy atom. The van der Waals surface area contributed by atoms with Crippen molar-refractivity contribution >= 4 is 0 Å². The minimum Gasteiger partial charge on any atom is -0.393 e. The maximum Gasteiger partial charge on any atom is 0.0570 e. The van der Waals surface area contributed by atoms with Gasteiger partial charge in [0, 0.05) is 12.1 Å². The molecule has 2 N–H and O–H groups in total. The molecule has 3 nitrogen and oxygen atoms in total. The van der Waals surface area contributed by atoms with E-state index in [1.165, 1.54) is 12.8 Å². The summed E-state index contributed by atoms with van der Waals surface area (Å²) in [6.07, 6.45) is 4.49. The van der Waals surface area contributed by atoms with Gasteiger partial charge in [0.2, 0.25) is 0 Å². The van der Waals surface area contributed by atoms with Gasteiger partial charge in [-0.25, -0.2) is 0 Å². The van der Waals surface area contributed by atoms with Gasteiger partial charge in [0.15, 0.2) is 0 Å². The lowest BCUT2D eigenvalue weighted by Crippen LogP contribution is -2.52. The Morgan fingerprint density at radius 3 is 2.31 bits per heavy atom. The van der Waals surface area contributed by atoms with Crippen molar-refractivity contribution in [2.24, 2.45) is 0 Å². The van der Waals surface area contributed by atoms with Crippen LogP contribution >= 0.6 is 0 Å². The maximum atomic E-state index is 9.23. The number of aliphatic hydroxyl groups is 1. The molecule has 76 valence electrons. The summed E-state index contributed by atoms with van der Waals surface area (Å²) in [5.41, 5.74) is 0. The minimum atomic E-state index is -0.0193. The van der Waals surface area contributed by atoms with Gasteiger partial charge in [0.1, 0.15) is 0 Å². The predicted octanol–water partition coefficient (Wildman–Crippen LogP) is 0.193. The average Bonchev–Trinajstić information content (AvgIpc) is 2.13. The third-order valence-electron chi connectivity index (χ3n) is 3.55. The molecule has 0 spiro atoms. The van der Waals surface area contributed by atoms with E-state index < -0.39 is 0 Å². The zero-order valence-corrected chi connectivity index (χ0v) is 8.37. The fraction of sp³-hybridized carbons (Fsp3) is 1.00. The van der Waals surface area contributed by atoms with Crippen molar-refractivity contribution in [3.8, 4) is 0 Å². The molecule has 0 radical (unpaired) electrons. The fourth-order valence-corrected chi connectivity index (χ4v) is 2.40. The van der Waals surface area contributed by atoms with Gasteiger partial charge >= 0.3 is 0 Å². The van der Waals surface area contributed by atoms with Crippen molar-refractivity contribution in [1.29, 1.82) is 0 Å². The van der Waals surface area contributed by atoms with Crippen molar-refractivity contribution in [2.45, 2.75) is 43.9 Å². The van der Waals surface area contributed by atoms with Gasteiger partial charge in [-0.05, 0) is 45.8 Å². The molecule has 0 atom stereocenters. The van der Waals surface area contributed by atoms with E-state index in [4.69, 9.17) is 0 Å². The van der Waals surface area contributed by atoms with Crippen LogP contribution in [0.4, 0.5) is 0 Å². The summed E-state index contributed by atoms with van der Waals surface area (Å²) >= 11 is 0. The van der Waals surface area contributed by atoms with E-state index in [2.05, 4.69) is 17.3 Å². The van der Waals surface area contributed by atoms with Crippen LogP contribution in [-0.2, 0) is 0 Å². The smallest absolute Gasteiger partial charge is 0.0570 e. The monoisotopic (exact) mass is 184 g/mol. The molecule has 1 saturated heterocycles. The number of nitrogens with zero attached hydrogens (tertiary/aromatic N) is 1. The molecule has 0 amide bonds. The molecule has 13 heavy (non-hydrogen) atoms. The van der Waals surface area contributed by atoms with Gasteiger partial charge in [0.05, 0.1) is 6.10 Å². The number of rotatable bonds is 2. The number of hydrogen-bond acceptors (Lipinski definition) is 3. The van der Waals surface area contributed by atoms with Crippen LogP contribution in [0.2, 0.25) is 0 Å². The molecule has 1 saturated carbocycles. The largest absolute Gasteiger partial charge is 0.393 e. The third kappa shape index (κ3) is 2.03. The molecule has 0 aromatic heterocycles. The molecule has 0 aromatic carbocycles. The predicted molar refractivity (Wildman–Crippen MR) is 52.7 cm³/mol. The first-order valence-corrected chi connectivity index (χ1v) is 5.38. The van der Waals surface area contributed by atoms with Crippen molar-refractivity contribution in [3.05, 3.63) is 0 Å². The normalized spacial score (nSPS) is 36.2. The van der Waals surface area contributed by atoms with Gasteiger partial charge in [0.25, 0.3) is 0 Å². The second-order valence-electron chi connectivity index (χ2n) is 4.43. The number of piperidine rings is 1. The Labute approximate surface area is 80.1 Å². The summed E-state index contributed by atoms with van der Waals surface area (Å²) < 4.78 is 0. The van der Waals surface area contributed by atoms with Crippen molar-refractivity contribution in [3.63, 3.8) is 0 Å². The summed E-state index contributed by atoms with van der Waals surface area (Å²) in [4.78, 5) is 2.48. The van der Waals surface area contributed by atoms with E-state index in [-0.39, 0.29) is 6.10 Å². The topological polar surface area (TPSA) is 35.5 Å². The van der Waals surface area contributed by atoms with Crippen LogP contribution in [0.15, 0.2) is 0 Å². The van der Waals surface area contributed by atoms with Crippen molar-refractivity contribution < 1.29 is 5.11 Å². The lowest BCUT2D eigenvalue weighted by Gasteiger charge is -2.43. The average molecular weight is 184 g/mol. The third-order valence-corrected chi connectivity index (χ3v) is 3.55. The summed E-state index contributed by atoms with van der Waals surface area (Å²) in [5.74, 6) is 0. The van der Waals surface area contributed by atoms with E-state index in [9.17, 15) is 5.11 Å². The molecule has 3 heteroatoms. The van der Waals surface area contributed by atoms with E-state index in [0.29, 0.717) is 6.04 Å². The second kappa shape index (κ2) is 3.95. The SMILES string of the molecule is CN(C1CCNCC1)C1CC(O)C1. The van der Waals surface area contributed by atoms with Crippen LogP contribution in [0, 0.1) is 0 Å². The highest BCUT2D eigenvalue weighted by atomic mass is 16.3. The summed E-state index contributed by atoms with van der Waals surface area (Å²) in [5, 5.41) is 12.6. The molecular weight excluding hydrogens is 164 g/mol. The Kier molecular flexibility index (Phi) is 2.86. The highest BCUT2D eigenvalue weighted by molar-refractivity contribution is 4.89. The number of aliphatic hydroxyl groups excluding tert-OH is 1. The molecule has 2 rings (SSSR count). The summed E-state index contributed by atoms with van der Waals surface area (Å²) in [6, 6.07) is 1.40. The van der Waals surface area contributed by atoms with Crippen LogP contribution in [0.3, 0.4) is 0 Å². The van der Waals surface area contributed by atoms with E-state index in [1.807, 2.05) is 0 Å². The maximum absolute atomic E-state index is 9.23. The highest BCUT2D eigenvalue weighted by Crippen LogP contribution is 2.27. The molecule has 1 aliphatic carbocycles. The summed E-state index contributed by atoms with van der Waals surface area (Å²) in [6.45, 7) is 2.31. The van der Waals surface area contributed by atoms with Gasteiger partial charge in [-0.15, -0.1) is 0 Å². The molecule has 2 fully saturated rings. The Hall–Kier alpha value is -0.120. The van der Waals surface area contributed by atoms with Crippen molar-refractivity contribution in [1.82, 2.24) is 10.2 Å². The number of nitrogens with one attached hydrogen (secondary N) is 1. The van der Waals surface area contributed by atoms with Crippen molar-refractivity contribution in [2.75, 3.05) is 20.1 Å². The van der Waals surface area contributed by atoms with Crippen LogP contribution in [0.1, 0.15) is 25.7 Å². The Bertz CT molecular complexity index is 162. The Morgan fingerprint density at radius 2 is 1.77 bits per heavy atom. The molecule has 2 aliphatic rings. The lowest BCUT2D eigenvalue weighted by molar-refractivity contribution is -0.00941. The minimum absolute atomic E-state index is 0.0193. The van der Waals surface area contributed by atoms with Crippen LogP contribution in [0.25, 0.3) is 0 Å². The summed E-state index contributed by atoms with van der Waals surface area (Å²) in [7, 11) is 2.21. The molecule has 1 heterocycles. The van der Waals surface area contributed by atoms with E-state index >= 15 is 0 Å². The molecule has 0 unspecified atom stereocenters. The lowest BCUT2D eigenvalue weighted by atomic mass is 9.86. The van der Waals surface area contributed by atoms with Crippen LogP contribution < -0.4 is 5.32 Å². The molecular formula is C10H20N2O. The van der Waals surface area contributed by atoms with E-state index in [1.54, 1.807) is 0 Å². The van der Waals surface area contributed by atoms with Gasteiger partial charge < -0.3 is 15.3 Å². The quantitative estimate of drug-likeness (QED) is 0.643. The molecule has 0 bridgehead atoms. The zero-order valence-electron chi connectivity index (χ0n) is 8.37. The second-order valence-corrected chi connectivity index (χ2v) is 4.43. The van der Waals surface area contributed by atoms with Crippen LogP contribution in [0.5, 0.6) is 0 Å².